The van der Waals surface area contributed by atoms with E-state index in [2.05, 4.69) is 17.6 Å². The number of nitrogens with one attached hydrogen (secondary N) is 2. The molecular formula is C9H20N2O. The van der Waals surface area contributed by atoms with E-state index >= 15 is 0 Å². The second kappa shape index (κ2) is 5.51. The smallest absolute Gasteiger partial charge is 0.0613 e. The summed E-state index contributed by atoms with van der Waals surface area (Å²) in [6.45, 7) is 5.25. The molecule has 1 heterocycles. The van der Waals surface area contributed by atoms with Crippen LogP contribution in [0, 0.1) is 0 Å². The molecule has 72 valence electrons. The fourth-order valence-electron chi connectivity index (χ4n) is 1.69. The lowest BCUT2D eigenvalue weighted by Gasteiger charge is -2.26. The van der Waals surface area contributed by atoms with Crippen molar-refractivity contribution in [2.75, 3.05) is 26.8 Å². The van der Waals surface area contributed by atoms with Gasteiger partial charge in [-0.1, -0.05) is 0 Å². The van der Waals surface area contributed by atoms with Crippen LogP contribution in [0.1, 0.15) is 19.8 Å². The van der Waals surface area contributed by atoms with Gasteiger partial charge in [0, 0.05) is 25.7 Å². The molecule has 1 rings (SSSR count). The maximum absolute atomic E-state index is 5.06. The Morgan fingerprint density at radius 1 is 1.67 bits per heavy atom. The van der Waals surface area contributed by atoms with E-state index in [1.165, 1.54) is 19.4 Å². The first kappa shape index (κ1) is 9.96. The van der Waals surface area contributed by atoms with Crippen LogP contribution in [-0.2, 0) is 4.74 Å². The molecule has 1 aliphatic heterocycles. The fourth-order valence-corrected chi connectivity index (χ4v) is 1.69. The van der Waals surface area contributed by atoms with Gasteiger partial charge in [-0.05, 0) is 26.3 Å². The van der Waals surface area contributed by atoms with E-state index in [0.29, 0.717) is 12.1 Å². The zero-order valence-electron chi connectivity index (χ0n) is 8.10. The van der Waals surface area contributed by atoms with Gasteiger partial charge in [0.25, 0.3) is 0 Å². The Kier molecular flexibility index (Phi) is 4.58. The molecule has 3 nitrogen and oxygen atoms in total. The molecule has 3 heteroatoms. The largest absolute Gasteiger partial charge is 0.383 e. The van der Waals surface area contributed by atoms with Crippen molar-refractivity contribution in [3.8, 4) is 0 Å². The van der Waals surface area contributed by atoms with Gasteiger partial charge >= 0.3 is 0 Å². The number of rotatable bonds is 4. The first-order valence-electron chi connectivity index (χ1n) is 4.78. The molecule has 0 bridgehead atoms. The number of hydrogen-bond donors (Lipinski definition) is 2. The quantitative estimate of drug-likeness (QED) is 0.642. The Hall–Kier alpha value is -0.120. The molecule has 0 aromatic heterocycles. The number of hydrogen-bond acceptors (Lipinski definition) is 3. The normalized spacial score (nSPS) is 27.0. The molecule has 1 aliphatic rings. The van der Waals surface area contributed by atoms with E-state index in [-0.39, 0.29) is 0 Å². The van der Waals surface area contributed by atoms with E-state index in [0.717, 1.165) is 13.2 Å². The summed E-state index contributed by atoms with van der Waals surface area (Å²) in [6.07, 6.45) is 2.58. The van der Waals surface area contributed by atoms with Crippen molar-refractivity contribution in [3.05, 3.63) is 0 Å². The van der Waals surface area contributed by atoms with Crippen molar-refractivity contribution < 1.29 is 4.74 Å². The molecule has 0 aliphatic carbocycles. The van der Waals surface area contributed by atoms with E-state index in [1.807, 2.05) is 0 Å². The summed E-state index contributed by atoms with van der Waals surface area (Å²) in [4.78, 5) is 0. The van der Waals surface area contributed by atoms with Crippen molar-refractivity contribution in [1.29, 1.82) is 0 Å². The molecule has 0 radical (unpaired) electrons. The summed E-state index contributed by atoms with van der Waals surface area (Å²) in [6, 6.07) is 1.11. The number of methoxy groups -OCH3 is 1. The standard InChI is InChI=1S/C9H20N2O/c1-8(7-12-2)11-9-4-3-5-10-6-9/h8-11H,3-7H2,1-2H3. The molecule has 0 saturated carbocycles. The molecule has 12 heavy (non-hydrogen) atoms. The zero-order valence-corrected chi connectivity index (χ0v) is 8.10. The van der Waals surface area contributed by atoms with E-state index in [1.54, 1.807) is 7.11 Å². The van der Waals surface area contributed by atoms with E-state index < -0.39 is 0 Å². The van der Waals surface area contributed by atoms with Crippen molar-refractivity contribution >= 4 is 0 Å². The predicted octanol–water partition coefficient (Wildman–Crippen LogP) is 0.363. The minimum atomic E-state index is 0.472. The molecule has 2 atom stereocenters. The van der Waals surface area contributed by atoms with Crippen molar-refractivity contribution in [1.82, 2.24) is 10.6 Å². The van der Waals surface area contributed by atoms with Gasteiger partial charge < -0.3 is 15.4 Å². The van der Waals surface area contributed by atoms with Gasteiger partial charge in [-0.2, -0.15) is 0 Å². The highest BCUT2D eigenvalue weighted by atomic mass is 16.5. The maximum atomic E-state index is 5.06. The van der Waals surface area contributed by atoms with Crippen LogP contribution in [0.4, 0.5) is 0 Å². The maximum Gasteiger partial charge on any atom is 0.0613 e. The minimum absolute atomic E-state index is 0.472. The van der Waals surface area contributed by atoms with Crippen LogP contribution in [0.5, 0.6) is 0 Å². The van der Waals surface area contributed by atoms with Crippen LogP contribution in [0.15, 0.2) is 0 Å². The molecular weight excluding hydrogens is 152 g/mol. The van der Waals surface area contributed by atoms with Crippen LogP contribution in [0.25, 0.3) is 0 Å². The molecule has 2 N–H and O–H groups in total. The first-order chi connectivity index (χ1) is 5.83. The molecule has 1 saturated heterocycles. The third kappa shape index (κ3) is 3.52. The van der Waals surface area contributed by atoms with Crippen LogP contribution in [0.3, 0.4) is 0 Å². The second-order valence-corrected chi connectivity index (χ2v) is 3.57. The predicted molar refractivity (Wildman–Crippen MR) is 50.4 cm³/mol. The van der Waals surface area contributed by atoms with Gasteiger partial charge in [0.2, 0.25) is 0 Å². The van der Waals surface area contributed by atoms with Gasteiger partial charge in [-0.15, -0.1) is 0 Å². The van der Waals surface area contributed by atoms with Crippen LogP contribution >= 0.6 is 0 Å². The van der Waals surface area contributed by atoms with E-state index in [4.69, 9.17) is 4.74 Å². The monoisotopic (exact) mass is 172 g/mol. The Morgan fingerprint density at radius 3 is 3.08 bits per heavy atom. The van der Waals surface area contributed by atoms with Gasteiger partial charge in [-0.25, -0.2) is 0 Å². The van der Waals surface area contributed by atoms with E-state index in [9.17, 15) is 0 Å². The van der Waals surface area contributed by atoms with Crippen LogP contribution in [-0.4, -0.2) is 38.9 Å². The highest BCUT2D eigenvalue weighted by molar-refractivity contribution is 4.77. The SMILES string of the molecule is COCC(C)NC1CCCNC1. The third-order valence-corrected chi connectivity index (χ3v) is 2.23. The lowest BCUT2D eigenvalue weighted by molar-refractivity contribution is 0.163. The summed E-state index contributed by atoms with van der Waals surface area (Å²) in [5.41, 5.74) is 0. The van der Waals surface area contributed by atoms with Crippen molar-refractivity contribution in [3.63, 3.8) is 0 Å². The van der Waals surface area contributed by atoms with Crippen LogP contribution < -0.4 is 10.6 Å². The molecule has 0 spiro atoms. The summed E-state index contributed by atoms with van der Waals surface area (Å²) in [5, 5.41) is 6.91. The van der Waals surface area contributed by atoms with Crippen LogP contribution in [0.2, 0.25) is 0 Å². The number of ether oxygens (including phenoxy) is 1. The molecule has 0 aromatic carbocycles. The summed E-state index contributed by atoms with van der Waals surface area (Å²) in [7, 11) is 1.75. The van der Waals surface area contributed by atoms with Gasteiger partial charge in [-0.3, -0.25) is 0 Å². The zero-order chi connectivity index (χ0) is 8.81. The van der Waals surface area contributed by atoms with Crippen molar-refractivity contribution in [2.45, 2.75) is 31.8 Å². The van der Waals surface area contributed by atoms with Gasteiger partial charge in [0.15, 0.2) is 0 Å². The lowest BCUT2D eigenvalue weighted by atomic mass is 10.1. The minimum Gasteiger partial charge on any atom is -0.383 e. The topological polar surface area (TPSA) is 33.3 Å². The summed E-state index contributed by atoms with van der Waals surface area (Å²) in [5.74, 6) is 0. The Balaban J connectivity index is 2.11. The summed E-state index contributed by atoms with van der Waals surface area (Å²) < 4.78 is 5.06. The average Bonchev–Trinajstić information content (AvgIpc) is 2.06. The Labute approximate surface area is 74.9 Å². The average molecular weight is 172 g/mol. The molecule has 0 amide bonds. The summed E-state index contributed by atoms with van der Waals surface area (Å²) >= 11 is 0. The van der Waals surface area contributed by atoms with Gasteiger partial charge in [0.05, 0.1) is 6.61 Å². The van der Waals surface area contributed by atoms with Gasteiger partial charge in [0.1, 0.15) is 0 Å². The third-order valence-electron chi connectivity index (χ3n) is 2.23. The molecule has 1 fully saturated rings. The molecule has 2 unspecified atom stereocenters. The highest BCUT2D eigenvalue weighted by Gasteiger charge is 2.14. The number of piperidine rings is 1. The Morgan fingerprint density at radius 2 is 2.50 bits per heavy atom. The second-order valence-electron chi connectivity index (χ2n) is 3.57. The van der Waals surface area contributed by atoms with Crippen molar-refractivity contribution in [2.24, 2.45) is 0 Å². The Bertz CT molecular complexity index is 113. The fraction of sp³-hybridized carbons (Fsp3) is 1.00. The lowest BCUT2D eigenvalue weighted by Crippen LogP contribution is -2.47. The highest BCUT2D eigenvalue weighted by Crippen LogP contribution is 2.02. The first-order valence-corrected chi connectivity index (χ1v) is 4.78. The molecule has 0 aromatic rings.